The summed E-state index contributed by atoms with van der Waals surface area (Å²) in [6.45, 7) is 4.70. The second kappa shape index (κ2) is 10.6. The number of ether oxygens (including phenoxy) is 2. The Morgan fingerprint density at radius 3 is 2.41 bits per heavy atom. The van der Waals surface area contributed by atoms with Crippen molar-refractivity contribution in [2.75, 3.05) is 50.0 Å². The van der Waals surface area contributed by atoms with Crippen LogP contribution in [0.5, 0.6) is 11.5 Å². The molecule has 168 valence electrons. The lowest BCUT2D eigenvalue weighted by Gasteiger charge is -2.37. The minimum absolute atomic E-state index is 0.226. The summed E-state index contributed by atoms with van der Waals surface area (Å²) in [5.41, 5.74) is 3.42. The van der Waals surface area contributed by atoms with E-state index in [0.29, 0.717) is 0 Å². The number of para-hydroxylation sites is 2. The van der Waals surface area contributed by atoms with Crippen molar-refractivity contribution in [2.24, 2.45) is 0 Å². The predicted octanol–water partition coefficient (Wildman–Crippen LogP) is 5.28. The highest BCUT2D eigenvalue weighted by Crippen LogP contribution is 2.32. The van der Waals surface area contributed by atoms with E-state index in [2.05, 4.69) is 38.8 Å². The first-order valence-electron chi connectivity index (χ1n) is 10.6. The van der Waals surface area contributed by atoms with Gasteiger partial charge in [-0.05, 0) is 60.0 Å². The van der Waals surface area contributed by atoms with E-state index in [-0.39, 0.29) is 5.82 Å². The van der Waals surface area contributed by atoms with Gasteiger partial charge in [0.1, 0.15) is 5.82 Å². The highest BCUT2D eigenvalue weighted by molar-refractivity contribution is 8.00. The third-order valence-corrected chi connectivity index (χ3v) is 6.36. The largest absolute Gasteiger partial charge is 0.493 e. The molecule has 32 heavy (non-hydrogen) atoms. The zero-order valence-corrected chi connectivity index (χ0v) is 19.2. The van der Waals surface area contributed by atoms with Crippen molar-refractivity contribution in [1.29, 1.82) is 0 Å². The number of nitrogens with one attached hydrogen (secondary N) is 1. The fourth-order valence-corrected chi connectivity index (χ4v) is 4.58. The molecular formula is C25H28FN3O2S. The van der Waals surface area contributed by atoms with Gasteiger partial charge in [-0.3, -0.25) is 4.90 Å². The molecule has 0 aromatic heterocycles. The summed E-state index contributed by atoms with van der Waals surface area (Å²) in [6.07, 6.45) is 0. The zero-order chi connectivity index (χ0) is 22.3. The Labute approximate surface area is 193 Å². The molecule has 3 aromatic rings. The molecule has 3 aromatic carbocycles. The third-order valence-electron chi connectivity index (χ3n) is 5.55. The van der Waals surface area contributed by atoms with E-state index in [1.54, 1.807) is 20.3 Å². The minimum Gasteiger partial charge on any atom is -0.493 e. The van der Waals surface area contributed by atoms with E-state index < -0.39 is 0 Å². The summed E-state index contributed by atoms with van der Waals surface area (Å²) in [5.74, 6) is 1.29. The lowest BCUT2D eigenvalue weighted by Crippen LogP contribution is -2.46. The molecule has 0 bridgehead atoms. The maximum absolute atomic E-state index is 13.5. The van der Waals surface area contributed by atoms with Gasteiger partial charge in [-0.15, -0.1) is 0 Å². The molecule has 7 heteroatoms. The van der Waals surface area contributed by atoms with Crippen LogP contribution in [0.2, 0.25) is 0 Å². The Bertz CT molecular complexity index is 1040. The molecule has 5 nitrogen and oxygen atoms in total. The second-order valence-corrected chi connectivity index (χ2v) is 8.51. The maximum atomic E-state index is 13.5. The Morgan fingerprint density at radius 1 is 0.875 bits per heavy atom. The van der Waals surface area contributed by atoms with Crippen LogP contribution in [0.4, 0.5) is 15.8 Å². The molecule has 0 amide bonds. The Balaban J connectivity index is 1.36. The van der Waals surface area contributed by atoms with Crippen molar-refractivity contribution in [3.05, 3.63) is 78.1 Å². The van der Waals surface area contributed by atoms with Gasteiger partial charge in [-0.25, -0.2) is 4.39 Å². The van der Waals surface area contributed by atoms with Crippen LogP contribution in [-0.4, -0.2) is 45.3 Å². The van der Waals surface area contributed by atoms with Gasteiger partial charge in [0.2, 0.25) is 0 Å². The summed E-state index contributed by atoms with van der Waals surface area (Å²) in [4.78, 5) is 5.70. The van der Waals surface area contributed by atoms with Gasteiger partial charge in [-0.1, -0.05) is 24.3 Å². The highest BCUT2D eigenvalue weighted by atomic mass is 32.2. The van der Waals surface area contributed by atoms with Crippen LogP contribution in [-0.2, 0) is 6.54 Å². The Kier molecular flexibility index (Phi) is 7.39. The number of hydrogen-bond acceptors (Lipinski definition) is 6. The molecule has 1 aliphatic rings. The molecule has 0 radical (unpaired) electrons. The average Bonchev–Trinajstić information content (AvgIpc) is 2.83. The third kappa shape index (κ3) is 5.47. The van der Waals surface area contributed by atoms with E-state index in [1.807, 2.05) is 24.3 Å². The lowest BCUT2D eigenvalue weighted by atomic mass is 10.1. The summed E-state index contributed by atoms with van der Waals surface area (Å²) in [7, 11) is 3.32. The number of methoxy groups -OCH3 is 2. The number of hydrogen-bond donors (Lipinski definition) is 1. The van der Waals surface area contributed by atoms with E-state index in [0.717, 1.165) is 54.8 Å². The van der Waals surface area contributed by atoms with E-state index in [1.165, 1.54) is 35.3 Å². The summed E-state index contributed by atoms with van der Waals surface area (Å²) >= 11 is 1.43. The molecule has 1 aliphatic heterocycles. The fraction of sp³-hybridized carbons (Fsp3) is 0.280. The van der Waals surface area contributed by atoms with Gasteiger partial charge in [0.05, 0.1) is 25.6 Å². The fourth-order valence-electron chi connectivity index (χ4n) is 3.86. The van der Waals surface area contributed by atoms with E-state index in [9.17, 15) is 4.39 Å². The van der Waals surface area contributed by atoms with Gasteiger partial charge in [-0.2, -0.15) is 0 Å². The van der Waals surface area contributed by atoms with Crippen molar-refractivity contribution in [3.8, 4) is 11.5 Å². The molecule has 0 spiro atoms. The first-order chi connectivity index (χ1) is 15.7. The standard InChI is InChI=1S/C25H28FN3O2S/c1-30-24-11-10-19(16-25(24)31-2)18-28-12-14-29(15-13-28)23-9-4-3-8-22(23)27-32-21-7-5-6-20(26)17-21/h3-11,16-17,27H,12-15,18H2,1-2H3. The monoisotopic (exact) mass is 453 g/mol. The maximum Gasteiger partial charge on any atom is 0.161 e. The van der Waals surface area contributed by atoms with Crippen LogP contribution in [0.15, 0.2) is 71.6 Å². The number of halogens is 1. The molecule has 1 N–H and O–H groups in total. The molecule has 1 heterocycles. The van der Waals surface area contributed by atoms with Gasteiger partial charge < -0.3 is 19.1 Å². The van der Waals surface area contributed by atoms with Crippen LogP contribution < -0.4 is 19.1 Å². The van der Waals surface area contributed by atoms with Crippen molar-refractivity contribution >= 4 is 23.3 Å². The normalized spacial score (nSPS) is 14.3. The smallest absolute Gasteiger partial charge is 0.161 e. The SMILES string of the molecule is COc1ccc(CN2CCN(c3ccccc3NSc3cccc(F)c3)CC2)cc1OC. The van der Waals surface area contributed by atoms with E-state index >= 15 is 0 Å². The molecule has 0 unspecified atom stereocenters. The molecular weight excluding hydrogens is 425 g/mol. The number of piperazine rings is 1. The Morgan fingerprint density at radius 2 is 1.66 bits per heavy atom. The van der Waals surface area contributed by atoms with Gasteiger partial charge in [0, 0.05) is 37.6 Å². The molecule has 4 rings (SSSR count). The molecule has 0 atom stereocenters. The van der Waals surface area contributed by atoms with Gasteiger partial charge in [0.25, 0.3) is 0 Å². The first kappa shape index (κ1) is 22.3. The van der Waals surface area contributed by atoms with Gasteiger partial charge in [0.15, 0.2) is 11.5 Å². The summed E-state index contributed by atoms with van der Waals surface area (Å²) in [5, 5.41) is 0. The van der Waals surface area contributed by atoms with Crippen LogP contribution in [0, 0.1) is 5.82 Å². The van der Waals surface area contributed by atoms with Crippen molar-refractivity contribution in [1.82, 2.24) is 4.90 Å². The van der Waals surface area contributed by atoms with Crippen LogP contribution in [0.3, 0.4) is 0 Å². The van der Waals surface area contributed by atoms with Crippen molar-refractivity contribution in [3.63, 3.8) is 0 Å². The molecule has 0 saturated carbocycles. The van der Waals surface area contributed by atoms with Crippen LogP contribution in [0.1, 0.15) is 5.56 Å². The number of nitrogens with zero attached hydrogens (tertiary/aromatic N) is 2. The zero-order valence-electron chi connectivity index (χ0n) is 18.4. The summed E-state index contributed by atoms with van der Waals surface area (Å²) < 4.78 is 27.6. The highest BCUT2D eigenvalue weighted by Gasteiger charge is 2.20. The summed E-state index contributed by atoms with van der Waals surface area (Å²) in [6, 6.07) is 21.0. The predicted molar refractivity (Wildman–Crippen MR) is 129 cm³/mol. The van der Waals surface area contributed by atoms with Crippen LogP contribution in [0.25, 0.3) is 0 Å². The van der Waals surface area contributed by atoms with Crippen LogP contribution >= 0.6 is 11.9 Å². The molecule has 1 fully saturated rings. The molecule has 1 saturated heterocycles. The first-order valence-corrected chi connectivity index (χ1v) is 11.4. The number of benzene rings is 3. The minimum atomic E-state index is -0.226. The van der Waals surface area contributed by atoms with Gasteiger partial charge >= 0.3 is 0 Å². The average molecular weight is 454 g/mol. The topological polar surface area (TPSA) is 37.0 Å². The number of anilines is 2. The lowest BCUT2D eigenvalue weighted by molar-refractivity contribution is 0.249. The number of rotatable bonds is 8. The molecule has 0 aliphatic carbocycles. The Hall–Kier alpha value is -2.90. The second-order valence-electron chi connectivity index (χ2n) is 7.63. The van der Waals surface area contributed by atoms with E-state index in [4.69, 9.17) is 9.47 Å². The van der Waals surface area contributed by atoms with Crippen molar-refractivity contribution < 1.29 is 13.9 Å². The quantitative estimate of drug-likeness (QED) is 0.468. The van der Waals surface area contributed by atoms with Crippen molar-refractivity contribution in [2.45, 2.75) is 11.4 Å².